The lowest BCUT2D eigenvalue weighted by Gasteiger charge is -2.09. The Morgan fingerprint density at radius 3 is 2.67 bits per heavy atom. The fourth-order valence-electron chi connectivity index (χ4n) is 2.70. The summed E-state index contributed by atoms with van der Waals surface area (Å²) in [6.07, 6.45) is 0.0647. The van der Waals surface area contributed by atoms with E-state index in [0.717, 1.165) is 16.3 Å². The molecular formula is C21H15ClN2O3. The second-order valence-corrected chi connectivity index (χ2v) is 6.26. The molecule has 6 heteroatoms. The highest BCUT2D eigenvalue weighted by Gasteiger charge is 2.12. The summed E-state index contributed by atoms with van der Waals surface area (Å²) in [5.41, 5.74) is 1.38. The monoisotopic (exact) mass is 378 g/mol. The third-order valence-electron chi connectivity index (χ3n) is 3.96. The summed E-state index contributed by atoms with van der Waals surface area (Å²) in [7, 11) is 0. The van der Waals surface area contributed by atoms with Gasteiger partial charge < -0.3 is 10.1 Å². The van der Waals surface area contributed by atoms with Crippen LogP contribution in [0.15, 0.2) is 60.7 Å². The van der Waals surface area contributed by atoms with Gasteiger partial charge >= 0.3 is 5.97 Å². The van der Waals surface area contributed by atoms with E-state index in [1.54, 1.807) is 6.07 Å². The molecule has 5 nitrogen and oxygen atoms in total. The van der Waals surface area contributed by atoms with E-state index in [1.807, 2.05) is 48.5 Å². The Kier molecular flexibility index (Phi) is 5.70. The first-order chi connectivity index (χ1) is 13.1. The molecule has 0 saturated heterocycles. The van der Waals surface area contributed by atoms with E-state index in [2.05, 4.69) is 5.32 Å². The van der Waals surface area contributed by atoms with Crippen LogP contribution in [0.3, 0.4) is 0 Å². The Morgan fingerprint density at radius 2 is 1.85 bits per heavy atom. The number of hydrogen-bond donors (Lipinski definition) is 1. The summed E-state index contributed by atoms with van der Waals surface area (Å²) in [5, 5.41) is 14.0. The third-order valence-corrected chi connectivity index (χ3v) is 4.19. The quantitative estimate of drug-likeness (QED) is 0.678. The van der Waals surface area contributed by atoms with Crippen LogP contribution in [0.5, 0.6) is 0 Å². The second kappa shape index (κ2) is 8.35. The van der Waals surface area contributed by atoms with E-state index in [-0.39, 0.29) is 17.7 Å². The van der Waals surface area contributed by atoms with Crippen molar-refractivity contribution in [2.75, 3.05) is 11.9 Å². The first-order valence-electron chi connectivity index (χ1n) is 8.18. The molecule has 0 radical (unpaired) electrons. The van der Waals surface area contributed by atoms with Crippen LogP contribution in [0.1, 0.15) is 11.1 Å². The van der Waals surface area contributed by atoms with E-state index in [9.17, 15) is 9.59 Å². The Bertz CT molecular complexity index is 1050. The summed E-state index contributed by atoms with van der Waals surface area (Å²) in [4.78, 5) is 24.1. The molecule has 1 N–H and O–H groups in total. The van der Waals surface area contributed by atoms with Gasteiger partial charge in [-0.1, -0.05) is 54.1 Å². The molecule has 27 heavy (non-hydrogen) atoms. The fraction of sp³-hybridized carbons (Fsp3) is 0.0952. The lowest BCUT2D eigenvalue weighted by molar-refractivity contribution is -0.146. The number of nitriles is 1. The molecule has 1 amide bonds. The molecule has 0 spiro atoms. The summed E-state index contributed by atoms with van der Waals surface area (Å²) >= 11 is 5.88. The van der Waals surface area contributed by atoms with Gasteiger partial charge in [-0.15, -0.1) is 0 Å². The molecule has 0 heterocycles. The molecule has 3 aromatic rings. The van der Waals surface area contributed by atoms with E-state index in [1.165, 1.54) is 12.1 Å². The molecule has 3 rings (SSSR count). The van der Waals surface area contributed by atoms with E-state index in [0.29, 0.717) is 5.02 Å². The standard InChI is InChI=1S/C21H15ClN2O3/c22-17-9-8-16(12-23)19(11-17)24-20(25)13-27-21(26)10-15-6-3-5-14-4-1-2-7-18(14)15/h1-9,11H,10,13H2,(H,24,25). The van der Waals surface area contributed by atoms with E-state index in [4.69, 9.17) is 21.6 Å². The lowest BCUT2D eigenvalue weighted by Crippen LogP contribution is -2.22. The van der Waals surface area contributed by atoms with Gasteiger partial charge in [-0.3, -0.25) is 9.59 Å². The van der Waals surface area contributed by atoms with Gasteiger partial charge in [-0.2, -0.15) is 5.26 Å². The van der Waals surface area contributed by atoms with Crippen molar-refractivity contribution in [3.63, 3.8) is 0 Å². The van der Waals surface area contributed by atoms with Crippen molar-refractivity contribution in [3.8, 4) is 6.07 Å². The molecule has 0 aliphatic heterocycles. The maximum Gasteiger partial charge on any atom is 0.310 e. The summed E-state index contributed by atoms with van der Waals surface area (Å²) in [6.45, 7) is -0.443. The van der Waals surface area contributed by atoms with E-state index < -0.39 is 18.5 Å². The minimum atomic E-state index is -0.542. The van der Waals surface area contributed by atoms with E-state index >= 15 is 0 Å². The van der Waals surface area contributed by atoms with Crippen molar-refractivity contribution < 1.29 is 14.3 Å². The van der Waals surface area contributed by atoms with Crippen LogP contribution in [-0.4, -0.2) is 18.5 Å². The van der Waals surface area contributed by atoms with Crippen LogP contribution in [-0.2, 0) is 20.7 Å². The number of fused-ring (bicyclic) bond motifs is 1. The van der Waals surface area contributed by atoms with Crippen molar-refractivity contribution in [2.45, 2.75) is 6.42 Å². The van der Waals surface area contributed by atoms with Gasteiger partial charge in [-0.05, 0) is 34.5 Å². The number of rotatable bonds is 5. The number of anilines is 1. The van der Waals surface area contributed by atoms with Gasteiger partial charge in [0.15, 0.2) is 6.61 Å². The first-order valence-corrected chi connectivity index (χ1v) is 8.56. The number of hydrogen-bond acceptors (Lipinski definition) is 4. The maximum atomic E-state index is 12.1. The Balaban J connectivity index is 1.60. The Labute approximate surface area is 161 Å². The SMILES string of the molecule is N#Cc1ccc(Cl)cc1NC(=O)COC(=O)Cc1cccc2ccccc12. The van der Waals surface area contributed by atoms with Crippen LogP contribution < -0.4 is 5.32 Å². The zero-order valence-corrected chi connectivity index (χ0v) is 15.0. The largest absolute Gasteiger partial charge is 0.455 e. The van der Waals surface area contributed by atoms with Gasteiger partial charge in [-0.25, -0.2) is 0 Å². The lowest BCUT2D eigenvalue weighted by atomic mass is 10.0. The summed E-state index contributed by atoms with van der Waals surface area (Å²) in [5.74, 6) is -1.05. The first kappa shape index (κ1) is 18.4. The number of nitrogens with zero attached hydrogens (tertiary/aromatic N) is 1. The highest BCUT2D eigenvalue weighted by Crippen LogP contribution is 2.21. The Morgan fingerprint density at radius 1 is 1.07 bits per heavy atom. The van der Waals surface area contributed by atoms with Crippen LogP contribution in [0.25, 0.3) is 10.8 Å². The molecule has 0 unspecified atom stereocenters. The highest BCUT2D eigenvalue weighted by atomic mass is 35.5. The van der Waals surface area contributed by atoms with Gasteiger partial charge in [0.25, 0.3) is 5.91 Å². The van der Waals surface area contributed by atoms with Crippen LogP contribution >= 0.6 is 11.6 Å². The normalized spacial score (nSPS) is 10.2. The van der Waals surface area contributed by atoms with Crippen LogP contribution in [0, 0.1) is 11.3 Å². The van der Waals surface area contributed by atoms with Crippen LogP contribution in [0.4, 0.5) is 5.69 Å². The van der Waals surface area contributed by atoms with Crippen molar-refractivity contribution in [1.29, 1.82) is 5.26 Å². The highest BCUT2D eigenvalue weighted by molar-refractivity contribution is 6.31. The average Bonchev–Trinajstić information content (AvgIpc) is 2.67. The predicted octanol–water partition coefficient (Wildman–Crippen LogP) is 4.09. The molecule has 0 fully saturated rings. The number of carbonyl (C=O) groups excluding carboxylic acids is 2. The number of halogens is 1. The smallest absolute Gasteiger partial charge is 0.310 e. The molecule has 0 bridgehead atoms. The molecule has 0 saturated carbocycles. The molecule has 0 aromatic heterocycles. The molecule has 0 aliphatic rings. The van der Waals surface area contributed by atoms with Crippen molar-refractivity contribution in [2.24, 2.45) is 0 Å². The molecular weight excluding hydrogens is 364 g/mol. The zero-order chi connectivity index (χ0) is 19.2. The van der Waals surface area contributed by atoms with Gasteiger partial charge in [0.2, 0.25) is 0 Å². The maximum absolute atomic E-state index is 12.1. The zero-order valence-electron chi connectivity index (χ0n) is 14.2. The predicted molar refractivity (Wildman–Crippen MR) is 103 cm³/mol. The fourth-order valence-corrected chi connectivity index (χ4v) is 2.87. The number of esters is 1. The topological polar surface area (TPSA) is 79.2 Å². The minimum Gasteiger partial charge on any atom is -0.455 e. The number of ether oxygens (including phenoxy) is 1. The average molecular weight is 379 g/mol. The number of nitrogens with one attached hydrogen (secondary N) is 1. The molecule has 134 valence electrons. The molecule has 0 atom stereocenters. The van der Waals surface area contributed by atoms with Gasteiger partial charge in [0, 0.05) is 5.02 Å². The number of benzene rings is 3. The number of amides is 1. The van der Waals surface area contributed by atoms with Gasteiger partial charge in [0.1, 0.15) is 6.07 Å². The Hall–Kier alpha value is -3.36. The van der Waals surface area contributed by atoms with Crippen molar-refractivity contribution in [1.82, 2.24) is 0 Å². The summed E-state index contributed by atoms with van der Waals surface area (Å²) < 4.78 is 5.07. The van der Waals surface area contributed by atoms with Crippen molar-refractivity contribution in [3.05, 3.63) is 76.8 Å². The summed E-state index contributed by atoms with van der Waals surface area (Å²) in [6, 6.07) is 19.9. The second-order valence-electron chi connectivity index (χ2n) is 5.83. The molecule has 0 aliphatic carbocycles. The third kappa shape index (κ3) is 4.63. The molecule has 3 aromatic carbocycles. The van der Waals surface area contributed by atoms with Gasteiger partial charge in [0.05, 0.1) is 17.7 Å². The van der Waals surface area contributed by atoms with Crippen molar-refractivity contribution >= 4 is 39.9 Å². The van der Waals surface area contributed by atoms with Crippen LogP contribution in [0.2, 0.25) is 5.02 Å². The minimum absolute atomic E-state index is 0.0647. The number of carbonyl (C=O) groups is 2.